The summed E-state index contributed by atoms with van der Waals surface area (Å²) in [6.07, 6.45) is 0.983. The summed E-state index contributed by atoms with van der Waals surface area (Å²) in [6.45, 7) is 0. The summed E-state index contributed by atoms with van der Waals surface area (Å²) < 4.78 is 0. The van der Waals surface area contributed by atoms with Crippen LogP contribution in [0.25, 0.3) is 0 Å². The van der Waals surface area contributed by atoms with Gasteiger partial charge in [0.1, 0.15) is 6.29 Å². The molecule has 4 heteroatoms. The van der Waals surface area contributed by atoms with E-state index in [1.54, 1.807) is 7.05 Å². The second kappa shape index (κ2) is 6.03. The third-order valence-electron chi connectivity index (χ3n) is 2.69. The molecule has 1 aromatic carbocycles. The van der Waals surface area contributed by atoms with Crippen molar-refractivity contribution in [3.8, 4) is 0 Å². The summed E-state index contributed by atoms with van der Waals surface area (Å²) in [7, 11) is 5.42. The van der Waals surface area contributed by atoms with Gasteiger partial charge in [0.25, 0.3) is 0 Å². The summed E-state index contributed by atoms with van der Waals surface area (Å²) in [4.78, 5) is 24.4. The molecule has 0 radical (unpaired) electrons. The highest BCUT2D eigenvalue weighted by Gasteiger charge is 2.22. The van der Waals surface area contributed by atoms with Gasteiger partial charge in [-0.05, 0) is 11.6 Å². The van der Waals surface area contributed by atoms with Crippen LogP contribution >= 0.6 is 0 Å². The molecule has 0 saturated heterocycles. The molecule has 0 fully saturated rings. The first kappa shape index (κ1) is 13.2. The quantitative estimate of drug-likeness (QED) is 0.778. The number of hydrogen-bond acceptors (Lipinski definition) is 3. The van der Waals surface area contributed by atoms with Crippen LogP contribution in [0.4, 0.5) is 5.69 Å². The summed E-state index contributed by atoms with van der Waals surface area (Å²) in [5.41, 5.74) is 1.84. The van der Waals surface area contributed by atoms with Gasteiger partial charge in [-0.1, -0.05) is 18.2 Å². The fourth-order valence-corrected chi connectivity index (χ4v) is 1.84. The third kappa shape index (κ3) is 3.06. The average molecular weight is 234 g/mol. The third-order valence-corrected chi connectivity index (χ3v) is 2.69. The zero-order valence-corrected chi connectivity index (χ0v) is 10.4. The van der Waals surface area contributed by atoms with Gasteiger partial charge in [0.15, 0.2) is 0 Å². The maximum atomic E-state index is 11.8. The van der Waals surface area contributed by atoms with Crippen molar-refractivity contribution in [2.45, 2.75) is 12.3 Å². The van der Waals surface area contributed by atoms with Crippen molar-refractivity contribution in [2.24, 2.45) is 0 Å². The molecule has 0 unspecified atom stereocenters. The van der Waals surface area contributed by atoms with Gasteiger partial charge >= 0.3 is 0 Å². The zero-order chi connectivity index (χ0) is 12.8. The Morgan fingerprint density at radius 1 is 1.41 bits per heavy atom. The number of aldehydes is 1. The highest BCUT2D eigenvalue weighted by Crippen LogP contribution is 2.28. The normalized spacial score (nSPS) is 11.7. The number of hydrogen-bond donors (Lipinski definition) is 1. The van der Waals surface area contributed by atoms with Gasteiger partial charge in [0, 0.05) is 33.3 Å². The molecular formula is C13H18N2O2. The van der Waals surface area contributed by atoms with Gasteiger partial charge < -0.3 is 15.0 Å². The molecule has 0 bridgehead atoms. The van der Waals surface area contributed by atoms with Crippen molar-refractivity contribution < 1.29 is 9.59 Å². The van der Waals surface area contributed by atoms with Crippen LogP contribution in [0.15, 0.2) is 24.3 Å². The first-order valence-corrected chi connectivity index (χ1v) is 5.53. The highest BCUT2D eigenvalue weighted by atomic mass is 16.2. The molecule has 0 aliphatic heterocycles. The van der Waals surface area contributed by atoms with Crippen LogP contribution in [0.1, 0.15) is 17.9 Å². The Hall–Kier alpha value is -1.84. The second-order valence-corrected chi connectivity index (χ2v) is 4.02. The van der Waals surface area contributed by atoms with Crippen molar-refractivity contribution >= 4 is 17.9 Å². The Morgan fingerprint density at radius 2 is 2.06 bits per heavy atom. The van der Waals surface area contributed by atoms with E-state index in [0.717, 1.165) is 17.5 Å². The minimum Gasteiger partial charge on any atom is -0.377 e. The lowest BCUT2D eigenvalue weighted by molar-refractivity contribution is -0.123. The van der Waals surface area contributed by atoms with Crippen LogP contribution in [0.5, 0.6) is 0 Å². The molecule has 1 atom stereocenters. The van der Waals surface area contributed by atoms with Crippen molar-refractivity contribution in [2.75, 3.05) is 26.0 Å². The molecule has 1 amide bonds. The van der Waals surface area contributed by atoms with Crippen LogP contribution in [-0.4, -0.2) is 33.3 Å². The van der Waals surface area contributed by atoms with E-state index in [1.807, 2.05) is 43.3 Å². The Labute approximate surface area is 102 Å². The highest BCUT2D eigenvalue weighted by molar-refractivity contribution is 5.87. The Bertz CT molecular complexity index is 402. The van der Waals surface area contributed by atoms with Crippen LogP contribution in [0.3, 0.4) is 0 Å². The van der Waals surface area contributed by atoms with E-state index in [0.29, 0.717) is 0 Å². The second-order valence-electron chi connectivity index (χ2n) is 4.02. The Balaban J connectivity index is 3.17. The molecular weight excluding hydrogens is 216 g/mol. The number of rotatable bonds is 5. The van der Waals surface area contributed by atoms with E-state index in [-0.39, 0.29) is 12.3 Å². The Kier molecular flexibility index (Phi) is 4.69. The van der Waals surface area contributed by atoms with Crippen LogP contribution in [0.2, 0.25) is 0 Å². The van der Waals surface area contributed by atoms with Gasteiger partial charge in [0.05, 0.1) is 5.92 Å². The lowest BCUT2D eigenvalue weighted by atomic mass is 9.93. The molecule has 0 heterocycles. The maximum Gasteiger partial charge on any atom is 0.227 e. The van der Waals surface area contributed by atoms with Crippen molar-refractivity contribution in [1.82, 2.24) is 5.32 Å². The van der Waals surface area contributed by atoms with Gasteiger partial charge in [-0.15, -0.1) is 0 Å². The smallest absolute Gasteiger partial charge is 0.227 e. The standard InChI is InChI=1S/C13H18N2O2/c1-14-13(17)11(8-9-16)10-6-4-5-7-12(10)15(2)3/h4-7,9,11H,8H2,1-3H3,(H,14,17)/t11-/m0/s1. The minimum absolute atomic E-state index is 0.133. The number of nitrogens with zero attached hydrogens (tertiary/aromatic N) is 1. The van der Waals surface area contributed by atoms with Gasteiger partial charge in [0.2, 0.25) is 5.91 Å². The molecule has 1 N–H and O–H groups in total. The fourth-order valence-electron chi connectivity index (χ4n) is 1.84. The van der Waals surface area contributed by atoms with Crippen molar-refractivity contribution in [1.29, 1.82) is 0 Å². The van der Waals surface area contributed by atoms with E-state index in [4.69, 9.17) is 0 Å². The van der Waals surface area contributed by atoms with E-state index in [1.165, 1.54) is 0 Å². The van der Waals surface area contributed by atoms with Gasteiger partial charge in [-0.2, -0.15) is 0 Å². The molecule has 92 valence electrons. The first-order chi connectivity index (χ1) is 8.11. The van der Waals surface area contributed by atoms with Gasteiger partial charge in [-0.3, -0.25) is 4.79 Å². The number of anilines is 1. The summed E-state index contributed by atoms with van der Waals surface area (Å²) in [6, 6.07) is 7.62. The number of carbonyl (C=O) groups is 2. The molecule has 0 saturated carbocycles. The maximum absolute atomic E-state index is 11.8. The summed E-state index contributed by atoms with van der Waals surface area (Å²) >= 11 is 0. The zero-order valence-electron chi connectivity index (χ0n) is 10.4. The molecule has 1 rings (SSSR count). The number of para-hydroxylation sites is 1. The van der Waals surface area contributed by atoms with Crippen molar-refractivity contribution in [3.63, 3.8) is 0 Å². The number of likely N-dealkylation sites (N-methyl/N-ethyl adjacent to an activating group) is 1. The van der Waals surface area contributed by atoms with Crippen LogP contribution in [0, 0.1) is 0 Å². The van der Waals surface area contributed by atoms with Gasteiger partial charge in [-0.25, -0.2) is 0 Å². The molecule has 0 aliphatic carbocycles. The summed E-state index contributed by atoms with van der Waals surface area (Å²) in [5, 5.41) is 2.60. The topological polar surface area (TPSA) is 49.4 Å². The largest absolute Gasteiger partial charge is 0.377 e. The van der Waals surface area contributed by atoms with Crippen molar-refractivity contribution in [3.05, 3.63) is 29.8 Å². The Morgan fingerprint density at radius 3 is 2.59 bits per heavy atom. The first-order valence-electron chi connectivity index (χ1n) is 5.53. The fraction of sp³-hybridized carbons (Fsp3) is 0.385. The molecule has 0 aliphatic rings. The average Bonchev–Trinajstić information content (AvgIpc) is 2.35. The van der Waals surface area contributed by atoms with Crippen LogP contribution in [-0.2, 0) is 9.59 Å². The molecule has 1 aromatic rings. The number of benzene rings is 1. The molecule has 0 aromatic heterocycles. The number of carbonyl (C=O) groups excluding carboxylic acids is 2. The minimum atomic E-state index is -0.420. The van der Waals surface area contributed by atoms with E-state index >= 15 is 0 Å². The molecule has 4 nitrogen and oxygen atoms in total. The molecule has 17 heavy (non-hydrogen) atoms. The lowest BCUT2D eigenvalue weighted by Gasteiger charge is -2.21. The lowest BCUT2D eigenvalue weighted by Crippen LogP contribution is -2.27. The molecule has 0 spiro atoms. The van der Waals surface area contributed by atoms with E-state index in [2.05, 4.69) is 5.32 Å². The number of nitrogens with one attached hydrogen (secondary N) is 1. The van der Waals surface area contributed by atoms with E-state index in [9.17, 15) is 9.59 Å². The predicted molar refractivity (Wildman–Crippen MR) is 68.3 cm³/mol. The predicted octanol–water partition coefficient (Wildman–Crippen LogP) is 1.17. The monoisotopic (exact) mass is 234 g/mol. The number of amides is 1. The van der Waals surface area contributed by atoms with E-state index < -0.39 is 5.92 Å². The van der Waals surface area contributed by atoms with Crippen LogP contribution < -0.4 is 10.2 Å². The SMILES string of the molecule is CNC(=O)[C@@H](CC=O)c1ccccc1N(C)C. The summed E-state index contributed by atoms with van der Waals surface area (Å²) in [5.74, 6) is -0.553.